The van der Waals surface area contributed by atoms with Crippen LogP contribution in [0.15, 0.2) is 12.1 Å². The Morgan fingerprint density at radius 1 is 1.28 bits per heavy atom. The highest BCUT2D eigenvalue weighted by atomic mass is 32.1. The summed E-state index contributed by atoms with van der Waals surface area (Å²) in [7, 11) is 0. The van der Waals surface area contributed by atoms with Gasteiger partial charge in [-0.05, 0) is 52.8 Å². The molecule has 2 aliphatic rings. The largest absolute Gasteiger partial charge is 0.429 e. The molecule has 3 aromatic heterocycles. The molecule has 1 atom stereocenters. The van der Waals surface area contributed by atoms with Crippen LogP contribution in [0.4, 0.5) is 5.82 Å². The number of hydrogen-bond donors (Lipinski definition) is 0. The first-order valence-corrected chi connectivity index (χ1v) is 11.7. The second-order valence-electron chi connectivity index (χ2n) is 8.50. The van der Waals surface area contributed by atoms with Crippen molar-refractivity contribution in [3.8, 4) is 11.6 Å². The molecule has 168 valence electrons. The van der Waals surface area contributed by atoms with Crippen LogP contribution in [0.25, 0.3) is 10.2 Å². The highest BCUT2D eigenvalue weighted by Crippen LogP contribution is 2.42. The SMILES string of the molecule is Cc1ccc(Oc2nc(CN3CCOCC3)nc3sc4c(c23)CCC(C)C4)c([N+](=O)[O-])n1. The average molecular weight is 456 g/mol. The second-order valence-corrected chi connectivity index (χ2v) is 9.58. The van der Waals surface area contributed by atoms with Gasteiger partial charge in [-0.1, -0.05) is 6.92 Å². The molecule has 0 amide bonds. The molecule has 5 rings (SSSR count). The highest BCUT2D eigenvalue weighted by Gasteiger charge is 2.27. The quantitative estimate of drug-likeness (QED) is 0.419. The molecule has 3 aromatic rings. The van der Waals surface area contributed by atoms with Gasteiger partial charge in [0.2, 0.25) is 11.6 Å². The van der Waals surface area contributed by atoms with Crippen molar-refractivity contribution in [2.24, 2.45) is 5.92 Å². The lowest BCUT2D eigenvalue weighted by Gasteiger charge is -2.25. The number of fused-ring (bicyclic) bond motifs is 3. The first-order chi connectivity index (χ1) is 15.5. The van der Waals surface area contributed by atoms with Crippen LogP contribution in [0, 0.1) is 23.0 Å². The van der Waals surface area contributed by atoms with Gasteiger partial charge in [-0.15, -0.1) is 11.3 Å². The summed E-state index contributed by atoms with van der Waals surface area (Å²) >= 11 is 1.69. The van der Waals surface area contributed by atoms with Gasteiger partial charge in [0.25, 0.3) is 0 Å². The number of pyridine rings is 1. The summed E-state index contributed by atoms with van der Waals surface area (Å²) < 4.78 is 11.6. The molecule has 1 aliphatic heterocycles. The molecule has 1 unspecified atom stereocenters. The Hall–Kier alpha value is -2.69. The minimum Gasteiger partial charge on any atom is -0.429 e. The Labute approximate surface area is 189 Å². The van der Waals surface area contributed by atoms with Crippen molar-refractivity contribution in [3.05, 3.63) is 44.2 Å². The molecule has 1 aliphatic carbocycles. The maximum atomic E-state index is 11.6. The molecule has 0 spiro atoms. The molecule has 0 N–H and O–H groups in total. The first kappa shape index (κ1) is 21.2. The van der Waals surface area contributed by atoms with E-state index in [4.69, 9.17) is 19.4 Å². The third-order valence-corrected chi connectivity index (χ3v) is 7.14. The van der Waals surface area contributed by atoms with E-state index in [0.29, 0.717) is 43.1 Å². The standard InChI is InChI=1S/C22H25N5O4S/c1-13-3-5-15-17(11-13)32-22-19(15)21(24-18(25-22)12-26-7-9-30-10-8-26)31-16-6-4-14(2)23-20(16)27(28)29/h4,6,13H,3,5,7-12H2,1-2H3. The van der Waals surface area contributed by atoms with E-state index in [2.05, 4.69) is 16.8 Å². The zero-order chi connectivity index (χ0) is 22.2. The third-order valence-electron chi connectivity index (χ3n) is 6.00. The summed E-state index contributed by atoms with van der Waals surface area (Å²) in [5.74, 6) is 1.47. The third kappa shape index (κ3) is 4.17. The van der Waals surface area contributed by atoms with Crippen molar-refractivity contribution in [1.82, 2.24) is 19.9 Å². The zero-order valence-electron chi connectivity index (χ0n) is 18.2. The lowest BCUT2D eigenvalue weighted by Crippen LogP contribution is -2.36. The van der Waals surface area contributed by atoms with Crippen LogP contribution in [-0.4, -0.2) is 51.1 Å². The van der Waals surface area contributed by atoms with Crippen molar-refractivity contribution in [2.45, 2.75) is 39.7 Å². The Bertz CT molecular complexity index is 1170. The number of aryl methyl sites for hydroxylation is 2. The van der Waals surface area contributed by atoms with Crippen LogP contribution < -0.4 is 4.74 Å². The monoisotopic (exact) mass is 455 g/mol. The van der Waals surface area contributed by atoms with Crippen LogP contribution in [0.2, 0.25) is 0 Å². The number of thiophene rings is 1. The molecular formula is C22H25N5O4S. The smallest absolute Gasteiger partial charge is 0.407 e. The summed E-state index contributed by atoms with van der Waals surface area (Å²) in [6, 6.07) is 3.30. The van der Waals surface area contributed by atoms with Crippen molar-refractivity contribution in [1.29, 1.82) is 0 Å². The van der Waals surface area contributed by atoms with E-state index in [1.165, 1.54) is 10.4 Å². The topological polar surface area (TPSA) is 104 Å². The van der Waals surface area contributed by atoms with Crippen molar-refractivity contribution >= 4 is 27.4 Å². The van der Waals surface area contributed by atoms with Crippen molar-refractivity contribution < 1.29 is 14.4 Å². The van der Waals surface area contributed by atoms with E-state index in [9.17, 15) is 10.1 Å². The highest BCUT2D eigenvalue weighted by molar-refractivity contribution is 7.18. The van der Waals surface area contributed by atoms with Gasteiger partial charge >= 0.3 is 5.82 Å². The molecule has 0 aromatic carbocycles. The second kappa shape index (κ2) is 8.68. The van der Waals surface area contributed by atoms with E-state index in [0.717, 1.165) is 42.6 Å². The maximum Gasteiger partial charge on any atom is 0.407 e. The Morgan fingerprint density at radius 2 is 2.09 bits per heavy atom. The Morgan fingerprint density at radius 3 is 2.88 bits per heavy atom. The zero-order valence-corrected chi connectivity index (χ0v) is 19.0. The minimum absolute atomic E-state index is 0.0991. The molecule has 0 radical (unpaired) electrons. The molecule has 0 saturated carbocycles. The fourth-order valence-electron chi connectivity index (χ4n) is 4.30. The number of aromatic nitrogens is 3. The maximum absolute atomic E-state index is 11.6. The number of morpholine rings is 1. The fourth-order valence-corrected chi connectivity index (χ4v) is 5.69. The summed E-state index contributed by atoms with van der Waals surface area (Å²) in [5, 5.41) is 12.5. The average Bonchev–Trinajstić information content (AvgIpc) is 3.13. The van der Waals surface area contributed by atoms with Crippen LogP contribution in [0.1, 0.15) is 35.3 Å². The molecule has 1 saturated heterocycles. The van der Waals surface area contributed by atoms with Gasteiger partial charge in [0.1, 0.15) is 16.3 Å². The Kier molecular flexibility index (Phi) is 5.75. The van der Waals surface area contributed by atoms with Crippen LogP contribution in [0.3, 0.4) is 0 Å². The van der Waals surface area contributed by atoms with Crippen molar-refractivity contribution in [2.75, 3.05) is 26.3 Å². The van der Waals surface area contributed by atoms with Crippen LogP contribution in [-0.2, 0) is 24.1 Å². The van der Waals surface area contributed by atoms with E-state index in [-0.39, 0.29) is 11.6 Å². The normalized spacial score (nSPS) is 19.1. The fraction of sp³-hybridized carbons (Fsp3) is 0.500. The number of ether oxygens (including phenoxy) is 2. The number of hydrogen-bond acceptors (Lipinski definition) is 9. The molecule has 10 heteroatoms. The van der Waals surface area contributed by atoms with Gasteiger partial charge in [-0.25, -0.2) is 4.98 Å². The molecule has 0 bridgehead atoms. The molecule has 9 nitrogen and oxygen atoms in total. The van der Waals surface area contributed by atoms with E-state index in [1.807, 2.05) is 0 Å². The minimum atomic E-state index is -0.514. The lowest BCUT2D eigenvalue weighted by molar-refractivity contribution is -0.390. The Balaban J connectivity index is 1.59. The molecule has 1 fully saturated rings. The number of rotatable bonds is 5. The van der Waals surface area contributed by atoms with Gasteiger partial charge in [0.05, 0.1) is 25.1 Å². The molecule has 32 heavy (non-hydrogen) atoms. The molecular weight excluding hydrogens is 430 g/mol. The van der Waals surface area contributed by atoms with Gasteiger partial charge in [0, 0.05) is 24.9 Å². The van der Waals surface area contributed by atoms with Gasteiger partial charge in [0.15, 0.2) is 0 Å². The number of nitrogens with zero attached hydrogens (tertiary/aromatic N) is 5. The summed E-state index contributed by atoms with van der Waals surface area (Å²) in [6.07, 6.45) is 3.05. The number of nitro groups is 1. The lowest BCUT2D eigenvalue weighted by atomic mass is 9.89. The predicted octanol–water partition coefficient (Wildman–Crippen LogP) is 4.05. The summed E-state index contributed by atoms with van der Waals surface area (Å²) in [6.45, 7) is 7.60. The van der Waals surface area contributed by atoms with E-state index in [1.54, 1.807) is 30.4 Å². The van der Waals surface area contributed by atoms with Crippen molar-refractivity contribution in [3.63, 3.8) is 0 Å². The van der Waals surface area contributed by atoms with Gasteiger partial charge in [-0.2, -0.15) is 4.98 Å². The van der Waals surface area contributed by atoms with E-state index >= 15 is 0 Å². The van der Waals surface area contributed by atoms with Gasteiger partial charge < -0.3 is 19.6 Å². The van der Waals surface area contributed by atoms with Gasteiger partial charge in [-0.3, -0.25) is 4.90 Å². The molecule has 4 heterocycles. The predicted molar refractivity (Wildman–Crippen MR) is 120 cm³/mol. The first-order valence-electron chi connectivity index (χ1n) is 10.9. The van der Waals surface area contributed by atoms with Crippen LogP contribution in [0.5, 0.6) is 11.6 Å². The van der Waals surface area contributed by atoms with E-state index < -0.39 is 4.92 Å². The van der Waals surface area contributed by atoms with Crippen LogP contribution >= 0.6 is 11.3 Å². The summed E-state index contributed by atoms with van der Waals surface area (Å²) in [4.78, 5) is 29.2. The summed E-state index contributed by atoms with van der Waals surface area (Å²) in [5.41, 5.74) is 1.78.